The number of amides is 1. The monoisotopic (exact) mass is 501 g/mol. The lowest BCUT2D eigenvalue weighted by Gasteiger charge is -2.13. The Morgan fingerprint density at radius 2 is 1.73 bits per heavy atom. The minimum atomic E-state index is -0.160. The number of carbonyl (C=O) groups is 1. The van der Waals surface area contributed by atoms with Gasteiger partial charge in [-0.2, -0.15) is 0 Å². The number of carbonyl (C=O) groups excluding carboxylic acids is 1. The zero-order chi connectivity index (χ0) is 26.2. The maximum atomic E-state index is 12.7. The molecule has 194 valence electrons. The van der Waals surface area contributed by atoms with Gasteiger partial charge >= 0.3 is 0 Å². The van der Waals surface area contributed by atoms with Crippen LogP contribution in [0.25, 0.3) is 11.0 Å². The van der Waals surface area contributed by atoms with E-state index < -0.39 is 0 Å². The van der Waals surface area contributed by atoms with Crippen molar-refractivity contribution in [2.75, 3.05) is 27.4 Å². The smallest absolute Gasteiger partial charge is 0.251 e. The quantitative estimate of drug-likeness (QED) is 0.259. The molecule has 0 atom stereocenters. The molecular formula is C30H35N3O4. The summed E-state index contributed by atoms with van der Waals surface area (Å²) >= 11 is 0. The molecule has 1 aromatic heterocycles. The number of fused-ring (bicyclic) bond motifs is 1. The molecule has 0 aliphatic rings. The Labute approximate surface area is 218 Å². The summed E-state index contributed by atoms with van der Waals surface area (Å²) in [5.74, 6) is 2.88. The van der Waals surface area contributed by atoms with Crippen LogP contribution in [0.4, 0.5) is 0 Å². The van der Waals surface area contributed by atoms with Gasteiger partial charge in [-0.25, -0.2) is 4.98 Å². The minimum absolute atomic E-state index is 0.160. The summed E-state index contributed by atoms with van der Waals surface area (Å²) in [6.07, 6.45) is 2.54. The summed E-state index contributed by atoms with van der Waals surface area (Å²) in [6.45, 7) is 6.19. The van der Waals surface area contributed by atoms with Crippen molar-refractivity contribution in [3.05, 3.63) is 83.2 Å². The van der Waals surface area contributed by atoms with E-state index in [-0.39, 0.29) is 5.91 Å². The number of aryl methyl sites for hydroxylation is 2. The summed E-state index contributed by atoms with van der Waals surface area (Å²) in [5.41, 5.74) is 5.04. The van der Waals surface area contributed by atoms with E-state index in [0.29, 0.717) is 36.6 Å². The van der Waals surface area contributed by atoms with Gasteiger partial charge in [0, 0.05) is 25.1 Å². The van der Waals surface area contributed by atoms with E-state index in [1.165, 1.54) is 11.1 Å². The van der Waals surface area contributed by atoms with Gasteiger partial charge in [0.1, 0.15) is 11.6 Å². The zero-order valence-corrected chi connectivity index (χ0v) is 22.0. The van der Waals surface area contributed by atoms with Crippen molar-refractivity contribution in [1.82, 2.24) is 14.9 Å². The standard InChI is InChI=1S/C30H35N3O4/c1-21-10-9-13-26(22(21)2)37-19-8-7-18-33-25-12-6-5-11-24(25)32-29(33)16-17-31-30(34)23-14-15-27(35-3)28(20-23)36-4/h5-6,9-15,20H,7-8,16-19H2,1-4H3,(H,31,34). The molecule has 0 fully saturated rings. The van der Waals surface area contributed by atoms with E-state index in [2.05, 4.69) is 35.9 Å². The van der Waals surface area contributed by atoms with E-state index in [9.17, 15) is 4.79 Å². The maximum Gasteiger partial charge on any atom is 0.251 e. The number of hydrogen-bond acceptors (Lipinski definition) is 5. The normalized spacial score (nSPS) is 10.9. The van der Waals surface area contributed by atoms with Crippen LogP contribution in [-0.4, -0.2) is 42.8 Å². The Hall–Kier alpha value is -4.00. The van der Waals surface area contributed by atoms with Gasteiger partial charge in [0.15, 0.2) is 11.5 Å². The highest BCUT2D eigenvalue weighted by Crippen LogP contribution is 2.27. The molecule has 0 saturated carbocycles. The number of para-hydroxylation sites is 2. The van der Waals surface area contributed by atoms with E-state index >= 15 is 0 Å². The topological polar surface area (TPSA) is 74.6 Å². The number of rotatable bonds is 12. The summed E-state index contributed by atoms with van der Waals surface area (Å²) in [6, 6.07) is 19.5. The highest BCUT2D eigenvalue weighted by Gasteiger charge is 2.13. The molecule has 4 rings (SSSR count). The molecule has 1 heterocycles. The van der Waals surface area contributed by atoms with E-state index in [0.717, 1.165) is 42.0 Å². The number of hydrogen-bond donors (Lipinski definition) is 1. The first kappa shape index (κ1) is 26.1. The molecule has 0 saturated heterocycles. The lowest BCUT2D eigenvalue weighted by Crippen LogP contribution is -2.26. The first-order valence-electron chi connectivity index (χ1n) is 12.6. The molecule has 7 heteroatoms. The van der Waals surface area contributed by atoms with Gasteiger partial charge in [-0.3, -0.25) is 4.79 Å². The lowest BCUT2D eigenvalue weighted by molar-refractivity contribution is 0.0953. The summed E-state index contributed by atoms with van der Waals surface area (Å²) in [4.78, 5) is 17.6. The van der Waals surface area contributed by atoms with Gasteiger partial charge in [0.25, 0.3) is 5.91 Å². The maximum absolute atomic E-state index is 12.7. The number of ether oxygens (including phenoxy) is 3. The third kappa shape index (κ3) is 6.23. The van der Waals surface area contributed by atoms with Crippen molar-refractivity contribution >= 4 is 16.9 Å². The molecular weight excluding hydrogens is 466 g/mol. The zero-order valence-electron chi connectivity index (χ0n) is 22.0. The molecule has 0 aliphatic heterocycles. The van der Waals surface area contributed by atoms with E-state index in [4.69, 9.17) is 19.2 Å². The average molecular weight is 502 g/mol. The molecule has 7 nitrogen and oxygen atoms in total. The number of methoxy groups -OCH3 is 2. The van der Waals surface area contributed by atoms with Crippen molar-refractivity contribution < 1.29 is 19.0 Å². The van der Waals surface area contributed by atoms with Gasteiger partial charge in [0.05, 0.1) is 31.9 Å². The van der Waals surface area contributed by atoms with Crippen LogP contribution >= 0.6 is 0 Å². The van der Waals surface area contributed by atoms with Crippen molar-refractivity contribution in [3.8, 4) is 17.2 Å². The second kappa shape index (κ2) is 12.3. The van der Waals surface area contributed by atoms with Gasteiger partial charge < -0.3 is 24.1 Å². The third-order valence-corrected chi connectivity index (χ3v) is 6.60. The van der Waals surface area contributed by atoms with Crippen molar-refractivity contribution in [2.45, 2.75) is 39.7 Å². The summed E-state index contributed by atoms with van der Waals surface area (Å²) in [5, 5.41) is 3.00. The molecule has 0 unspecified atom stereocenters. The molecule has 0 bridgehead atoms. The summed E-state index contributed by atoms with van der Waals surface area (Å²) < 4.78 is 18.9. The number of nitrogens with zero attached hydrogens (tertiary/aromatic N) is 2. The second-order valence-electron chi connectivity index (χ2n) is 9.00. The lowest BCUT2D eigenvalue weighted by atomic mass is 10.1. The second-order valence-corrected chi connectivity index (χ2v) is 9.00. The van der Waals surface area contributed by atoms with Crippen LogP contribution in [0.1, 0.15) is 40.2 Å². The summed E-state index contributed by atoms with van der Waals surface area (Å²) in [7, 11) is 3.13. The van der Waals surface area contributed by atoms with Crippen LogP contribution < -0.4 is 19.5 Å². The van der Waals surface area contributed by atoms with Crippen molar-refractivity contribution in [3.63, 3.8) is 0 Å². The van der Waals surface area contributed by atoms with Gasteiger partial charge in [-0.1, -0.05) is 24.3 Å². The Morgan fingerprint density at radius 1 is 0.919 bits per heavy atom. The number of aromatic nitrogens is 2. The Bertz CT molecular complexity index is 1360. The first-order chi connectivity index (χ1) is 18.0. The highest BCUT2D eigenvalue weighted by atomic mass is 16.5. The molecule has 3 aromatic carbocycles. The number of benzene rings is 3. The molecule has 0 radical (unpaired) electrons. The number of unbranched alkanes of at least 4 members (excludes halogenated alkanes) is 1. The third-order valence-electron chi connectivity index (χ3n) is 6.60. The average Bonchev–Trinajstić information content (AvgIpc) is 3.27. The first-order valence-corrected chi connectivity index (χ1v) is 12.6. The van der Waals surface area contributed by atoms with Crippen LogP contribution in [0.3, 0.4) is 0 Å². The van der Waals surface area contributed by atoms with Crippen LogP contribution in [0.2, 0.25) is 0 Å². The molecule has 1 amide bonds. The number of imidazole rings is 1. The Balaban J connectivity index is 1.35. The van der Waals surface area contributed by atoms with Crippen LogP contribution in [0, 0.1) is 13.8 Å². The minimum Gasteiger partial charge on any atom is -0.493 e. The Kier molecular flexibility index (Phi) is 8.67. The Morgan fingerprint density at radius 3 is 2.54 bits per heavy atom. The fourth-order valence-electron chi connectivity index (χ4n) is 4.37. The van der Waals surface area contributed by atoms with E-state index in [1.54, 1.807) is 32.4 Å². The van der Waals surface area contributed by atoms with Gasteiger partial charge in [-0.15, -0.1) is 0 Å². The van der Waals surface area contributed by atoms with Crippen molar-refractivity contribution in [2.24, 2.45) is 0 Å². The molecule has 4 aromatic rings. The number of nitrogens with one attached hydrogen (secondary N) is 1. The van der Waals surface area contributed by atoms with Crippen LogP contribution in [-0.2, 0) is 13.0 Å². The predicted molar refractivity (Wildman–Crippen MR) is 146 cm³/mol. The van der Waals surface area contributed by atoms with Gasteiger partial charge in [-0.05, 0) is 74.2 Å². The van der Waals surface area contributed by atoms with Gasteiger partial charge in [0.2, 0.25) is 0 Å². The fraction of sp³-hybridized carbons (Fsp3) is 0.333. The fourth-order valence-corrected chi connectivity index (χ4v) is 4.37. The molecule has 37 heavy (non-hydrogen) atoms. The van der Waals surface area contributed by atoms with Crippen LogP contribution in [0.15, 0.2) is 60.7 Å². The van der Waals surface area contributed by atoms with E-state index in [1.807, 2.05) is 30.3 Å². The molecule has 0 spiro atoms. The largest absolute Gasteiger partial charge is 0.493 e. The predicted octanol–water partition coefficient (Wildman–Crippen LogP) is 5.50. The van der Waals surface area contributed by atoms with Crippen LogP contribution in [0.5, 0.6) is 17.2 Å². The SMILES string of the molecule is COc1ccc(C(=O)NCCc2nc3ccccc3n2CCCCOc2cccc(C)c2C)cc1OC. The molecule has 0 aliphatic carbocycles. The van der Waals surface area contributed by atoms with Crippen molar-refractivity contribution in [1.29, 1.82) is 0 Å². The molecule has 1 N–H and O–H groups in total. The highest BCUT2D eigenvalue weighted by molar-refractivity contribution is 5.94.